The number of hydrogen-bond acceptors (Lipinski definition) is 2. The molecule has 0 aliphatic carbocycles. The average molecular weight is 205 g/mol. The first-order valence-corrected chi connectivity index (χ1v) is 5.09. The van der Waals surface area contributed by atoms with Crippen LogP contribution in [0.2, 0.25) is 0 Å². The molecule has 1 unspecified atom stereocenters. The Kier molecular flexibility index (Phi) is 2.60. The number of benzene rings is 1. The summed E-state index contributed by atoms with van der Waals surface area (Å²) >= 11 is 0. The molecule has 1 saturated heterocycles. The molecule has 3 N–H and O–H groups in total. The van der Waals surface area contributed by atoms with Crippen LogP contribution in [0.5, 0.6) is 0 Å². The Hall–Kier alpha value is -1.55. The second-order valence-electron chi connectivity index (χ2n) is 3.74. The van der Waals surface area contributed by atoms with E-state index in [0.717, 1.165) is 11.3 Å². The predicted molar refractivity (Wildman–Crippen MR) is 59.7 cm³/mol. The zero-order valence-corrected chi connectivity index (χ0v) is 8.73. The highest BCUT2D eigenvalue weighted by atomic mass is 16.2. The van der Waals surface area contributed by atoms with Crippen LogP contribution in [0.15, 0.2) is 24.3 Å². The first-order chi connectivity index (χ1) is 7.24. The van der Waals surface area contributed by atoms with Crippen molar-refractivity contribution in [2.45, 2.75) is 19.5 Å². The van der Waals surface area contributed by atoms with Gasteiger partial charge >= 0.3 is 6.03 Å². The van der Waals surface area contributed by atoms with Gasteiger partial charge in [-0.3, -0.25) is 4.90 Å². The van der Waals surface area contributed by atoms with Crippen LogP contribution in [0, 0.1) is 0 Å². The molecule has 1 atom stereocenters. The van der Waals surface area contributed by atoms with Gasteiger partial charge in [-0.1, -0.05) is 18.2 Å². The Morgan fingerprint density at radius 2 is 2.27 bits per heavy atom. The first-order valence-electron chi connectivity index (χ1n) is 5.09. The average Bonchev–Trinajstić information content (AvgIpc) is 2.59. The normalized spacial score (nSPS) is 20.5. The van der Waals surface area contributed by atoms with Crippen LogP contribution >= 0.6 is 0 Å². The number of urea groups is 1. The molecule has 0 spiro atoms. The zero-order valence-electron chi connectivity index (χ0n) is 8.73. The number of anilines is 1. The summed E-state index contributed by atoms with van der Waals surface area (Å²) in [6.07, 6.45) is 0. The number of nitrogens with one attached hydrogen (secondary N) is 1. The van der Waals surface area contributed by atoms with E-state index >= 15 is 0 Å². The van der Waals surface area contributed by atoms with Gasteiger partial charge in [0.25, 0.3) is 0 Å². The van der Waals surface area contributed by atoms with Crippen LogP contribution in [0.25, 0.3) is 0 Å². The molecule has 0 saturated carbocycles. The fourth-order valence-corrected chi connectivity index (χ4v) is 1.88. The summed E-state index contributed by atoms with van der Waals surface area (Å²) in [5.74, 6) is 0. The summed E-state index contributed by atoms with van der Waals surface area (Å²) in [7, 11) is 0. The summed E-state index contributed by atoms with van der Waals surface area (Å²) in [6, 6.07) is 7.89. The smallest absolute Gasteiger partial charge is 0.322 e. The van der Waals surface area contributed by atoms with Gasteiger partial charge in [0.2, 0.25) is 0 Å². The van der Waals surface area contributed by atoms with Gasteiger partial charge in [0.15, 0.2) is 0 Å². The van der Waals surface area contributed by atoms with Crippen molar-refractivity contribution in [2.24, 2.45) is 5.73 Å². The molecule has 1 aromatic rings. The lowest BCUT2D eigenvalue weighted by Gasteiger charge is -2.22. The van der Waals surface area contributed by atoms with E-state index in [1.54, 1.807) is 4.90 Å². The van der Waals surface area contributed by atoms with Crippen LogP contribution in [0.3, 0.4) is 0 Å². The number of carbonyl (C=O) groups excluding carboxylic acids is 1. The Labute approximate surface area is 89.1 Å². The van der Waals surface area contributed by atoms with Crippen molar-refractivity contribution in [3.8, 4) is 0 Å². The SMILES string of the molecule is CC1CNC(=O)N1c1ccccc1CN. The van der Waals surface area contributed by atoms with Crippen molar-refractivity contribution in [3.05, 3.63) is 29.8 Å². The van der Waals surface area contributed by atoms with E-state index in [1.165, 1.54) is 0 Å². The Morgan fingerprint density at radius 1 is 1.53 bits per heavy atom. The molecule has 4 heteroatoms. The minimum Gasteiger partial charge on any atom is -0.336 e. The van der Waals surface area contributed by atoms with Crippen molar-refractivity contribution >= 4 is 11.7 Å². The lowest BCUT2D eigenvalue weighted by Crippen LogP contribution is -2.33. The third-order valence-electron chi connectivity index (χ3n) is 2.68. The molecule has 0 bridgehead atoms. The van der Waals surface area contributed by atoms with Crippen LogP contribution < -0.4 is 16.0 Å². The third kappa shape index (κ3) is 1.68. The third-order valence-corrected chi connectivity index (χ3v) is 2.68. The van der Waals surface area contributed by atoms with Gasteiger partial charge in [0.1, 0.15) is 0 Å². The van der Waals surface area contributed by atoms with Gasteiger partial charge in [-0.05, 0) is 18.6 Å². The maximum atomic E-state index is 11.6. The summed E-state index contributed by atoms with van der Waals surface area (Å²) in [6.45, 7) is 3.16. The molecular formula is C11H15N3O. The highest BCUT2D eigenvalue weighted by molar-refractivity contribution is 5.95. The van der Waals surface area contributed by atoms with E-state index in [9.17, 15) is 4.79 Å². The molecule has 15 heavy (non-hydrogen) atoms. The summed E-state index contributed by atoms with van der Waals surface area (Å²) < 4.78 is 0. The minimum atomic E-state index is -0.0385. The number of amides is 2. The number of rotatable bonds is 2. The van der Waals surface area contributed by atoms with Crippen molar-refractivity contribution in [1.82, 2.24) is 5.32 Å². The molecule has 1 fully saturated rings. The van der Waals surface area contributed by atoms with E-state index in [4.69, 9.17) is 5.73 Å². The van der Waals surface area contributed by atoms with E-state index in [2.05, 4.69) is 5.32 Å². The van der Waals surface area contributed by atoms with E-state index in [1.807, 2.05) is 31.2 Å². The van der Waals surface area contributed by atoms with Gasteiger partial charge in [0.05, 0.1) is 11.7 Å². The molecule has 2 rings (SSSR count). The van der Waals surface area contributed by atoms with Crippen LogP contribution in [-0.4, -0.2) is 18.6 Å². The number of hydrogen-bond donors (Lipinski definition) is 2. The molecule has 2 amide bonds. The molecule has 0 radical (unpaired) electrons. The van der Waals surface area contributed by atoms with Gasteiger partial charge in [-0.25, -0.2) is 4.79 Å². The first kappa shape index (κ1) is 9.98. The molecule has 1 heterocycles. The van der Waals surface area contributed by atoms with Crippen molar-refractivity contribution in [3.63, 3.8) is 0 Å². The van der Waals surface area contributed by atoms with E-state index < -0.39 is 0 Å². The van der Waals surface area contributed by atoms with Crippen LogP contribution in [-0.2, 0) is 6.54 Å². The number of nitrogens with two attached hydrogens (primary N) is 1. The maximum Gasteiger partial charge on any atom is 0.322 e. The molecule has 0 aromatic heterocycles. The number of para-hydroxylation sites is 1. The van der Waals surface area contributed by atoms with Gasteiger partial charge in [-0.2, -0.15) is 0 Å². The molecule has 80 valence electrons. The van der Waals surface area contributed by atoms with Crippen LogP contribution in [0.4, 0.5) is 10.5 Å². The highest BCUT2D eigenvalue weighted by Gasteiger charge is 2.29. The molecule has 1 aliphatic heterocycles. The van der Waals surface area contributed by atoms with Crippen molar-refractivity contribution < 1.29 is 4.79 Å². The van der Waals surface area contributed by atoms with E-state index in [0.29, 0.717) is 13.1 Å². The topological polar surface area (TPSA) is 58.4 Å². The second kappa shape index (κ2) is 3.90. The standard InChI is InChI=1S/C11H15N3O/c1-8-7-13-11(15)14(8)10-5-3-2-4-9(10)6-12/h2-5,8H,6-7,12H2,1H3,(H,13,15). The summed E-state index contributed by atoms with van der Waals surface area (Å²) in [5, 5.41) is 2.82. The minimum absolute atomic E-state index is 0.0385. The van der Waals surface area contributed by atoms with E-state index in [-0.39, 0.29) is 12.1 Å². The molecule has 1 aliphatic rings. The number of nitrogens with zero attached hydrogens (tertiary/aromatic N) is 1. The fraction of sp³-hybridized carbons (Fsp3) is 0.364. The lowest BCUT2D eigenvalue weighted by atomic mass is 10.1. The molecule has 1 aromatic carbocycles. The Morgan fingerprint density at radius 3 is 2.87 bits per heavy atom. The van der Waals surface area contributed by atoms with Crippen molar-refractivity contribution in [2.75, 3.05) is 11.4 Å². The second-order valence-corrected chi connectivity index (χ2v) is 3.74. The predicted octanol–water partition coefficient (Wildman–Crippen LogP) is 1.06. The molecule has 4 nitrogen and oxygen atoms in total. The Balaban J connectivity index is 2.39. The van der Waals surface area contributed by atoms with Crippen LogP contribution in [0.1, 0.15) is 12.5 Å². The number of carbonyl (C=O) groups is 1. The zero-order chi connectivity index (χ0) is 10.8. The quantitative estimate of drug-likeness (QED) is 0.758. The summed E-state index contributed by atoms with van der Waals surface area (Å²) in [5.41, 5.74) is 7.57. The monoisotopic (exact) mass is 205 g/mol. The molecular weight excluding hydrogens is 190 g/mol. The summed E-state index contributed by atoms with van der Waals surface area (Å²) in [4.78, 5) is 13.4. The van der Waals surface area contributed by atoms with Gasteiger partial charge in [0, 0.05) is 13.1 Å². The highest BCUT2D eigenvalue weighted by Crippen LogP contribution is 2.24. The van der Waals surface area contributed by atoms with Crippen molar-refractivity contribution in [1.29, 1.82) is 0 Å². The van der Waals surface area contributed by atoms with Gasteiger partial charge < -0.3 is 11.1 Å². The van der Waals surface area contributed by atoms with Gasteiger partial charge in [-0.15, -0.1) is 0 Å². The largest absolute Gasteiger partial charge is 0.336 e. The fourth-order valence-electron chi connectivity index (χ4n) is 1.88. The Bertz CT molecular complexity index is 378. The maximum absolute atomic E-state index is 11.6. The lowest BCUT2D eigenvalue weighted by molar-refractivity contribution is 0.252.